The smallest absolute Gasteiger partial charge is 0.139 e. The molecule has 0 aliphatic heterocycles. The average Bonchev–Trinajstić information content (AvgIpc) is 2.36. The molecule has 1 aromatic carbocycles. The molecule has 4 N–H and O–H groups in total. The fraction of sp³-hybridized carbons (Fsp3) is 0.538. The Morgan fingerprint density at radius 1 is 1.39 bits per heavy atom. The number of hydrogen-bond donors (Lipinski definition) is 3. The number of anilines is 2. The molecule has 18 heavy (non-hydrogen) atoms. The Morgan fingerprint density at radius 3 is 2.83 bits per heavy atom. The van der Waals surface area contributed by atoms with Gasteiger partial charge in [0, 0.05) is 24.6 Å². The van der Waals surface area contributed by atoms with E-state index in [9.17, 15) is 9.50 Å². The van der Waals surface area contributed by atoms with Crippen molar-refractivity contribution >= 4 is 27.3 Å². The van der Waals surface area contributed by atoms with Crippen LogP contribution in [0.2, 0.25) is 0 Å². The molecule has 1 saturated carbocycles. The van der Waals surface area contributed by atoms with Gasteiger partial charge in [0.1, 0.15) is 5.82 Å². The van der Waals surface area contributed by atoms with Crippen molar-refractivity contribution in [2.45, 2.75) is 31.7 Å². The zero-order valence-corrected chi connectivity index (χ0v) is 11.7. The minimum absolute atomic E-state index is 0.163. The summed E-state index contributed by atoms with van der Waals surface area (Å²) in [5.74, 6) is -0.104. The lowest BCUT2D eigenvalue weighted by Crippen LogP contribution is -2.34. The van der Waals surface area contributed by atoms with Gasteiger partial charge in [-0.3, -0.25) is 0 Å². The van der Waals surface area contributed by atoms with Gasteiger partial charge in [-0.25, -0.2) is 4.39 Å². The van der Waals surface area contributed by atoms with Crippen molar-refractivity contribution in [1.29, 1.82) is 0 Å². The first kappa shape index (κ1) is 13.6. The second-order valence-corrected chi connectivity index (χ2v) is 5.69. The van der Waals surface area contributed by atoms with Crippen molar-refractivity contribution < 1.29 is 9.50 Å². The van der Waals surface area contributed by atoms with E-state index in [4.69, 9.17) is 5.73 Å². The Bertz CT molecular complexity index is 428. The Hall–Kier alpha value is -0.810. The minimum atomic E-state index is -0.331. The summed E-state index contributed by atoms with van der Waals surface area (Å²) in [5.41, 5.74) is 7.00. The van der Waals surface area contributed by atoms with E-state index < -0.39 is 0 Å². The largest absolute Gasteiger partial charge is 0.397 e. The number of halogens is 2. The first-order valence-corrected chi connectivity index (χ1v) is 7.03. The van der Waals surface area contributed by atoms with Crippen LogP contribution >= 0.6 is 15.9 Å². The van der Waals surface area contributed by atoms with Crippen LogP contribution < -0.4 is 11.1 Å². The van der Waals surface area contributed by atoms with Crippen molar-refractivity contribution in [1.82, 2.24) is 0 Å². The van der Waals surface area contributed by atoms with Gasteiger partial charge in [-0.1, -0.05) is 12.8 Å². The van der Waals surface area contributed by atoms with Gasteiger partial charge in [0.25, 0.3) is 0 Å². The molecular formula is C13H18BrFN2O. The van der Waals surface area contributed by atoms with E-state index in [1.807, 2.05) is 0 Å². The van der Waals surface area contributed by atoms with E-state index >= 15 is 0 Å². The lowest BCUT2D eigenvalue weighted by atomic mass is 9.85. The van der Waals surface area contributed by atoms with Crippen LogP contribution in [0.3, 0.4) is 0 Å². The Kier molecular flexibility index (Phi) is 4.45. The molecule has 1 aliphatic rings. The highest BCUT2D eigenvalue weighted by Gasteiger charge is 2.25. The molecule has 2 rings (SSSR count). The second kappa shape index (κ2) is 5.89. The molecule has 1 fully saturated rings. The maximum absolute atomic E-state index is 13.5. The summed E-state index contributed by atoms with van der Waals surface area (Å²) in [6.45, 7) is 0.163. The van der Waals surface area contributed by atoms with Crippen molar-refractivity contribution in [2.24, 2.45) is 5.92 Å². The fourth-order valence-corrected chi connectivity index (χ4v) is 2.86. The van der Waals surface area contributed by atoms with Crippen LogP contribution in [0.5, 0.6) is 0 Å². The van der Waals surface area contributed by atoms with E-state index in [2.05, 4.69) is 21.2 Å². The zero-order valence-electron chi connectivity index (χ0n) is 10.1. The molecule has 5 heteroatoms. The SMILES string of the molecule is Nc1cc(Br)c(F)cc1NC1CCCCC1CO. The first-order valence-electron chi connectivity index (χ1n) is 6.23. The van der Waals surface area contributed by atoms with E-state index in [1.165, 1.54) is 6.07 Å². The first-order chi connectivity index (χ1) is 8.61. The molecule has 1 aliphatic carbocycles. The number of aliphatic hydroxyl groups excluding tert-OH is 1. The lowest BCUT2D eigenvalue weighted by Gasteiger charge is -2.32. The van der Waals surface area contributed by atoms with Gasteiger partial charge in [0.2, 0.25) is 0 Å². The van der Waals surface area contributed by atoms with Gasteiger partial charge in [0.15, 0.2) is 0 Å². The highest BCUT2D eigenvalue weighted by molar-refractivity contribution is 9.10. The summed E-state index contributed by atoms with van der Waals surface area (Å²) >= 11 is 3.11. The Morgan fingerprint density at radius 2 is 2.11 bits per heavy atom. The summed E-state index contributed by atoms with van der Waals surface area (Å²) in [7, 11) is 0. The summed E-state index contributed by atoms with van der Waals surface area (Å²) in [6.07, 6.45) is 4.27. The molecular weight excluding hydrogens is 299 g/mol. The number of hydrogen-bond acceptors (Lipinski definition) is 3. The minimum Gasteiger partial charge on any atom is -0.397 e. The fourth-order valence-electron chi connectivity index (χ4n) is 2.50. The van der Waals surface area contributed by atoms with Gasteiger partial charge < -0.3 is 16.2 Å². The summed E-state index contributed by atoms with van der Waals surface area (Å²) in [6, 6.07) is 3.14. The molecule has 0 amide bonds. The number of nitrogens with one attached hydrogen (secondary N) is 1. The third-order valence-corrected chi connectivity index (χ3v) is 4.18. The van der Waals surface area contributed by atoms with Gasteiger partial charge in [-0.2, -0.15) is 0 Å². The monoisotopic (exact) mass is 316 g/mol. The van der Waals surface area contributed by atoms with Crippen LogP contribution in [-0.4, -0.2) is 17.8 Å². The van der Waals surface area contributed by atoms with Gasteiger partial charge >= 0.3 is 0 Å². The lowest BCUT2D eigenvalue weighted by molar-refractivity contribution is 0.178. The van der Waals surface area contributed by atoms with Gasteiger partial charge in [-0.15, -0.1) is 0 Å². The van der Waals surface area contributed by atoms with Crippen LogP contribution in [0, 0.1) is 11.7 Å². The maximum atomic E-state index is 13.5. The molecule has 0 heterocycles. The van der Waals surface area contributed by atoms with Crippen molar-refractivity contribution in [3.8, 4) is 0 Å². The molecule has 0 bridgehead atoms. The molecule has 0 saturated heterocycles. The third kappa shape index (κ3) is 2.95. The maximum Gasteiger partial charge on any atom is 0.139 e. The summed E-state index contributed by atoms with van der Waals surface area (Å²) in [4.78, 5) is 0. The van der Waals surface area contributed by atoms with E-state index in [1.54, 1.807) is 6.07 Å². The molecule has 2 atom stereocenters. The van der Waals surface area contributed by atoms with Crippen molar-refractivity contribution in [3.63, 3.8) is 0 Å². The highest BCUT2D eigenvalue weighted by atomic mass is 79.9. The van der Waals surface area contributed by atoms with Crippen LogP contribution in [-0.2, 0) is 0 Å². The molecule has 0 aromatic heterocycles. The molecule has 0 radical (unpaired) electrons. The van der Waals surface area contributed by atoms with Gasteiger partial charge in [-0.05, 0) is 34.8 Å². The van der Waals surface area contributed by atoms with Crippen molar-refractivity contribution in [2.75, 3.05) is 17.7 Å². The van der Waals surface area contributed by atoms with E-state index in [0.717, 1.165) is 25.7 Å². The Balaban J connectivity index is 2.15. The van der Waals surface area contributed by atoms with E-state index in [0.29, 0.717) is 15.8 Å². The number of aliphatic hydroxyl groups is 1. The number of benzene rings is 1. The van der Waals surface area contributed by atoms with Crippen LogP contribution in [0.15, 0.2) is 16.6 Å². The standard InChI is InChI=1S/C13H18BrFN2O/c14-9-5-11(16)13(6-10(9)15)17-12-4-2-1-3-8(12)7-18/h5-6,8,12,17-18H,1-4,7,16H2. The predicted octanol–water partition coefficient (Wildman–Crippen LogP) is 3.13. The van der Waals surface area contributed by atoms with Gasteiger partial charge in [0.05, 0.1) is 15.8 Å². The van der Waals surface area contributed by atoms with Crippen LogP contribution in [0.4, 0.5) is 15.8 Å². The second-order valence-electron chi connectivity index (χ2n) is 4.83. The topological polar surface area (TPSA) is 58.3 Å². The normalized spacial score (nSPS) is 23.9. The molecule has 0 spiro atoms. The third-order valence-electron chi connectivity index (χ3n) is 3.58. The van der Waals surface area contributed by atoms with Crippen LogP contribution in [0.1, 0.15) is 25.7 Å². The zero-order chi connectivity index (χ0) is 13.1. The quantitative estimate of drug-likeness (QED) is 0.751. The molecule has 2 unspecified atom stereocenters. The molecule has 3 nitrogen and oxygen atoms in total. The van der Waals surface area contributed by atoms with Crippen molar-refractivity contribution in [3.05, 3.63) is 22.4 Å². The number of nitrogens with two attached hydrogens (primary N) is 1. The van der Waals surface area contributed by atoms with E-state index in [-0.39, 0.29) is 24.4 Å². The van der Waals surface area contributed by atoms with Crippen LogP contribution in [0.25, 0.3) is 0 Å². The Labute approximate surface area is 115 Å². The number of rotatable bonds is 3. The predicted molar refractivity (Wildman–Crippen MR) is 75.0 cm³/mol. The average molecular weight is 317 g/mol. The highest BCUT2D eigenvalue weighted by Crippen LogP contribution is 2.31. The summed E-state index contributed by atoms with van der Waals surface area (Å²) < 4.78 is 13.9. The molecule has 100 valence electrons. The summed E-state index contributed by atoms with van der Waals surface area (Å²) in [5, 5.41) is 12.6. The number of nitrogen functional groups attached to an aromatic ring is 1. The molecule has 1 aromatic rings.